The number of imide groups is 2. The van der Waals surface area contributed by atoms with E-state index in [0.29, 0.717) is 100 Å². The first-order valence-corrected chi connectivity index (χ1v) is 38.6. The van der Waals surface area contributed by atoms with E-state index in [9.17, 15) is 9.59 Å². The third kappa shape index (κ3) is 12.4. The molecule has 0 spiro atoms. The molecule has 0 unspecified atom stereocenters. The van der Waals surface area contributed by atoms with E-state index in [4.69, 9.17) is 27.8 Å². The molecule has 0 bridgehead atoms. The quantitative estimate of drug-likeness (QED) is 0.0491. The van der Waals surface area contributed by atoms with E-state index >= 15 is 19.2 Å². The summed E-state index contributed by atoms with van der Waals surface area (Å²) in [5.41, 5.74) is 11.4. The van der Waals surface area contributed by atoms with Crippen LogP contribution < -0.4 is 40.0 Å². The van der Waals surface area contributed by atoms with Gasteiger partial charge in [0.2, 0.25) is 0 Å². The van der Waals surface area contributed by atoms with Crippen molar-refractivity contribution >= 4 is 100 Å². The van der Waals surface area contributed by atoms with Gasteiger partial charge in [-0.2, -0.15) is 0 Å². The van der Waals surface area contributed by atoms with E-state index < -0.39 is 34.9 Å². The van der Waals surface area contributed by atoms with E-state index in [1.807, 2.05) is 199 Å². The van der Waals surface area contributed by atoms with Gasteiger partial charge in [-0.3, -0.25) is 19.2 Å². The van der Waals surface area contributed by atoms with Gasteiger partial charge in [-0.15, -0.1) is 0 Å². The molecule has 2 aromatic heterocycles. The fraction of sp³-hybridized carbons (Fsp3) is 0.220. The fourth-order valence-electron chi connectivity index (χ4n) is 16.8. The number of carbonyl (C=O) groups is 4. The van der Waals surface area contributed by atoms with Crippen LogP contribution in [0.1, 0.15) is 180 Å². The summed E-state index contributed by atoms with van der Waals surface area (Å²) in [6.07, 6.45) is 0. The maximum atomic E-state index is 16.7. The van der Waals surface area contributed by atoms with Crippen LogP contribution in [0.25, 0.3) is 87.3 Å². The predicted molar refractivity (Wildman–Crippen MR) is 455 cm³/mol. The van der Waals surface area contributed by atoms with Crippen LogP contribution in [0.4, 0.5) is 11.4 Å². The van der Waals surface area contributed by atoms with Crippen LogP contribution in [0.5, 0.6) is 46.0 Å². The highest BCUT2D eigenvalue weighted by atomic mass is 16.5. The molecule has 568 valence electrons. The van der Waals surface area contributed by atoms with Gasteiger partial charge in [0.15, 0.2) is 0 Å². The molecule has 0 saturated carbocycles. The van der Waals surface area contributed by atoms with Crippen LogP contribution in [0.2, 0.25) is 0 Å². The van der Waals surface area contributed by atoms with Gasteiger partial charge < -0.3 is 27.8 Å². The number of anilines is 2. The fourth-order valence-corrected chi connectivity index (χ4v) is 16.8. The zero-order valence-electron chi connectivity index (χ0n) is 67.3. The smallest absolute Gasteiger partial charge is 0.336 e. The molecule has 0 radical (unpaired) electrons. The third-order valence-electron chi connectivity index (χ3n) is 22.7. The molecule has 13 aromatic carbocycles. The number of amides is 4. The molecule has 14 nitrogen and oxygen atoms in total. The van der Waals surface area contributed by atoms with Crippen LogP contribution in [-0.2, 0) is 21.7 Å². The number of rotatable bonds is 12. The average molecular weight is 1510 g/mol. The summed E-state index contributed by atoms with van der Waals surface area (Å²) >= 11 is 0. The van der Waals surface area contributed by atoms with E-state index in [0.717, 1.165) is 66.4 Å². The number of benzene rings is 13. The van der Waals surface area contributed by atoms with Crippen molar-refractivity contribution in [1.82, 2.24) is 0 Å². The van der Waals surface area contributed by atoms with Gasteiger partial charge in [-0.05, 0) is 250 Å². The lowest BCUT2D eigenvalue weighted by Gasteiger charge is -2.34. The van der Waals surface area contributed by atoms with Crippen LogP contribution in [0.3, 0.4) is 0 Å². The average Bonchev–Trinajstić information content (AvgIpc) is 0.669. The summed E-state index contributed by atoms with van der Waals surface area (Å²) in [7, 11) is 0. The molecule has 2 aliphatic heterocycles. The second-order valence-corrected chi connectivity index (χ2v) is 34.9. The monoisotopic (exact) mass is 1510 g/mol. The van der Waals surface area contributed by atoms with Crippen LogP contribution in [0, 0.1) is 41.5 Å². The zero-order valence-corrected chi connectivity index (χ0v) is 67.3. The molecule has 4 heterocycles. The maximum Gasteiger partial charge on any atom is 0.336 e. The molecular formula is C100H86N2O12. The molecule has 17 rings (SSSR count). The van der Waals surface area contributed by atoms with Crippen LogP contribution >= 0.6 is 0 Å². The highest BCUT2D eigenvalue weighted by molar-refractivity contribution is 6.48. The van der Waals surface area contributed by atoms with Crippen molar-refractivity contribution < 1.29 is 47.0 Å². The van der Waals surface area contributed by atoms with Crippen molar-refractivity contribution in [2.24, 2.45) is 0 Å². The first-order chi connectivity index (χ1) is 53.9. The Labute approximate surface area is 660 Å². The molecule has 15 aromatic rings. The Morgan fingerprint density at radius 1 is 0.254 bits per heavy atom. The van der Waals surface area contributed by atoms with Crippen molar-refractivity contribution in [2.45, 2.75) is 146 Å². The van der Waals surface area contributed by atoms with E-state index in [-0.39, 0.29) is 77.7 Å². The normalized spacial score (nSPS) is 13.5. The lowest BCUT2D eigenvalue weighted by molar-refractivity contribution is 0.0877. The highest BCUT2D eigenvalue weighted by Gasteiger charge is 2.44. The van der Waals surface area contributed by atoms with Gasteiger partial charge in [0.1, 0.15) is 57.2 Å². The van der Waals surface area contributed by atoms with Gasteiger partial charge in [0, 0.05) is 66.0 Å². The summed E-state index contributed by atoms with van der Waals surface area (Å²) in [4.78, 5) is 94.7. The van der Waals surface area contributed by atoms with Crippen molar-refractivity contribution in [1.29, 1.82) is 0 Å². The van der Waals surface area contributed by atoms with E-state index in [1.54, 1.807) is 24.3 Å². The number of fused-ring (bicyclic) bond motifs is 4. The van der Waals surface area contributed by atoms with Gasteiger partial charge in [-0.25, -0.2) is 19.4 Å². The van der Waals surface area contributed by atoms with Gasteiger partial charge >= 0.3 is 11.3 Å². The molecule has 0 aliphatic carbocycles. The SMILES string of the molecule is Cc1cc(-c2ccc3c(C)cc(=O)oc3c2)cc(C)c1N1C(=O)c2cc(Oc3ccc(C(C)(C)C)cc3)c3c4c(Oc5ccc(C(C)(C)C)cc5)cc5c6c(cc(Oc7ccc(C(C)(C)C)cc7)c(c7c(Oc8ccc(C(C)(C)C)cc8)cc(c2c37)C1=O)c64)C(=O)N(c1c(C)cc(-c2ccc3c(C)cc(=O)oc3c2)cc1C)C5=O. The number of carbonyl (C=O) groups excluding carboxylic acids is 4. The first-order valence-electron chi connectivity index (χ1n) is 38.6. The molecular weight excluding hydrogens is 1420 g/mol. The number of hydrogen-bond donors (Lipinski definition) is 0. The first kappa shape index (κ1) is 73.8. The van der Waals surface area contributed by atoms with Gasteiger partial charge in [-0.1, -0.05) is 156 Å². The summed E-state index contributed by atoms with van der Waals surface area (Å²) in [6, 6.07) is 60.2. The van der Waals surface area contributed by atoms with E-state index in [1.165, 1.54) is 21.9 Å². The standard InChI is InChI=1S/C100H86N2O12/c1-51-43-81(103)113-75-45-57(19-37-69(51)75)59-39-53(3)91(54(4)40-59)101-93(105)71-47-77(109-65-29-21-61(22-30-65)97(7,8)9)85-87-79(111-67-33-25-63(26-34-67)99(13,14)15)49-73-84-74(96(108)102(95(73)107)92-55(5)41-60(42-56(92)6)58-20-38-70-52(2)44-82(104)114-76(70)46-58)50-80(112-68-35-27-64(28-36-68)100(16,17)18)88(90(84)87)86-78(48-72(94(101)106)83(71)89(85)86)110-66-31-23-62(24-32-66)98(10,11)12/h19-50H,1-18H3. The Bertz CT molecular complexity index is 6110. The summed E-state index contributed by atoms with van der Waals surface area (Å²) < 4.78 is 41.3. The van der Waals surface area contributed by atoms with Crippen molar-refractivity contribution in [3.05, 3.63) is 293 Å². The minimum absolute atomic E-state index is 0.129. The van der Waals surface area contributed by atoms with Crippen molar-refractivity contribution in [3.63, 3.8) is 0 Å². The molecule has 0 N–H and O–H groups in total. The topological polar surface area (TPSA) is 172 Å². The maximum absolute atomic E-state index is 16.7. The third-order valence-corrected chi connectivity index (χ3v) is 22.7. The number of ether oxygens (including phenoxy) is 4. The van der Waals surface area contributed by atoms with E-state index in [2.05, 4.69) is 83.1 Å². The Kier molecular flexibility index (Phi) is 17.1. The molecule has 14 heteroatoms. The zero-order chi connectivity index (χ0) is 80.6. The highest BCUT2D eigenvalue weighted by Crippen LogP contribution is 2.59. The molecule has 114 heavy (non-hydrogen) atoms. The molecule has 0 saturated heterocycles. The molecule has 4 amide bonds. The van der Waals surface area contributed by atoms with Crippen LogP contribution in [0.15, 0.2) is 213 Å². The molecule has 0 fully saturated rings. The van der Waals surface area contributed by atoms with Gasteiger partial charge in [0.25, 0.3) is 23.6 Å². The van der Waals surface area contributed by atoms with Gasteiger partial charge in [0.05, 0.1) is 33.6 Å². The van der Waals surface area contributed by atoms with Crippen LogP contribution in [-0.4, -0.2) is 23.6 Å². The van der Waals surface area contributed by atoms with Crippen molar-refractivity contribution in [2.75, 3.05) is 9.80 Å². The van der Waals surface area contributed by atoms with Crippen molar-refractivity contribution in [3.8, 4) is 68.2 Å². The Morgan fingerprint density at radius 2 is 0.500 bits per heavy atom. The number of hydrogen-bond acceptors (Lipinski definition) is 12. The Hall–Kier alpha value is -12.9. The Balaban J connectivity index is 0.990. The minimum atomic E-state index is -0.635. The second-order valence-electron chi connectivity index (χ2n) is 34.9. The Morgan fingerprint density at radius 3 is 0.737 bits per heavy atom. The molecule has 0 atom stereocenters. The summed E-state index contributed by atoms with van der Waals surface area (Å²) in [6.45, 7) is 36.8. The number of aryl methyl sites for hydroxylation is 6. The largest absolute Gasteiger partial charge is 0.457 e. The summed E-state index contributed by atoms with van der Waals surface area (Å²) in [5, 5.41) is 4.40. The second kappa shape index (κ2) is 26.3. The summed E-state index contributed by atoms with van der Waals surface area (Å²) in [5.74, 6) is -0.185. The lowest BCUT2D eigenvalue weighted by atomic mass is 9.80. The molecule has 2 aliphatic rings. The number of nitrogens with zero attached hydrogens (tertiary/aromatic N) is 2. The predicted octanol–water partition coefficient (Wildman–Crippen LogP) is 25.1. The lowest BCUT2D eigenvalue weighted by Crippen LogP contribution is -2.41. The minimum Gasteiger partial charge on any atom is -0.457 e.